The van der Waals surface area contributed by atoms with Crippen LogP contribution in [0.5, 0.6) is 5.75 Å². The minimum Gasteiger partial charge on any atom is -0.497 e. The highest BCUT2D eigenvalue weighted by atomic mass is 32.2. The van der Waals surface area contributed by atoms with Crippen LogP contribution in [0.15, 0.2) is 78.0 Å². The Balaban J connectivity index is 1.46. The first-order valence-electron chi connectivity index (χ1n) is 11.7. The van der Waals surface area contributed by atoms with Gasteiger partial charge in [0.1, 0.15) is 5.75 Å². The lowest BCUT2D eigenvalue weighted by Crippen LogP contribution is -2.25. The minimum atomic E-state index is -0.391. The fraction of sp³-hybridized carbons (Fsp3) is 0.214. The summed E-state index contributed by atoms with van der Waals surface area (Å²) in [4.78, 5) is 27.0. The van der Waals surface area contributed by atoms with Crippen molar-refractivity contribution in [3.63, 3.8) is 0 Å². The SMILES string of the molecule is COc1cccc(-c2nnc(SC(C)C(=O)c3ccc4c(c3)CCN4C(C)=O)n2-c2ccccc2)c1. The van der Waals surface area contributed by atoms with Crippen LogP contribution in [0.4, 0.5) is 5.69 Å². The Labute approximate surface area is 214 Å². The molecule has 0 spiro atoms. The van der Waals surface area contributed by atoms with Crippen molar-refractivity contribution in [2.45, 2.75) is 30.7 Å². The molecule has 1 unspecified atom stereocenters. The van der Waals surface area contributed by atoms with Crippen LogP contribution in [-0.4, -0.2) is 45.4 Å². The number of anilines is 1. The lowest BCUT2D eigenvalue weighted by Gasteiger charge is -2.16. The number of ketones is 1. The highest BCUT2D eigenvalue weighted by Crippen LogP contribution is 2.34. The van der Waals surface area contributed by atoms with Crippen molar-refractivity contribution >= 4 is 29.1 Å². The Bertz CT molecular complexity index is 1430. The molecule has 182 valence electrons. The number of Topliss-reactive ketones (excluding diaryl/α,β-unsaturated/α-hetero) is 1. The van der Waals surface area contributed by atoms with E-state index >= 15 is 0 Å². The van der Waals surface area contributed by atoms with Gasteiger partial charge >= 0.3 is 0 Å². The molecule has 1 amide bonds. The van der Waals surface area contributed by atoms with Gasteiger partial charge in [0.25, 0.3) is 0 Å². The van der Waals surface area contributed by atoms with E-state index < -0.39 is 5.25 Å². The van der Waals surface area contributed by atoms with Crippen LogP contribution in [0.1, 0.15) is 29.8 Å². The number of carbonyl (C=O) groups is 2. The molecule has 1 atom stereocenters. The molecule has 8 heteroatoms. The molecule has 7 nitrogen and oxygen atoms in total. The molecule has 4 aromatic rings. The molecule has 0 bridgehead atoms. The number of fused-ring (bicyclic) bond motifs is 1. The molecule has 1 aromatic heterocycles. The number of carbonyl (C=O) groups excluding carboxylic acids is 2. The van der Waals surface area contributed by atoms with Crippen LogP contribution < -0.4 is 9.64 Å². The van der Waals surface area contributed by atoms with Gasteiger partial charge in [-0.15, -0.1) is 10.2 Å². The van der Waals surface area contributed by atoms with Gasteiger partial charge in [-0.1, -0.05) is 42.1 Å². The van der Waals surface area contributed by atoms with Gasteiger partial charge in [-0.05, 0) is 61.4 Å². The third-order valence-electron chi connectivity index (χ3n) is 6.27. The average Bonchev–Trinajstić information content (AvgIpc) is 3.52. The molecule has 5 rings (SSSR count). The first kappa shape index (κ1) is 23.8. The van der Waals surface area contributed by atoms with E-state index in [1.165, 1.54) is 11.8 Å². The Hall–Kier alpha value is -3.91. The Kier molecular flexibility index (Phi) is 6.61. The molecule has 0 saturated heterocycles. The fourth-order valence-electron chi connectivity index (χ4n) is 4.43. The van der Waals surface area contributed by atoms with Crippen molar-refractivity contribution in [3.8, 4) is 22.8 Å². The molecule has 0 N–H and O–H groups in total. The molecular formula is C28H26N4O3S. The van der Waals surface area contributed by atoms with Gasteiger partial charge in [0.15, 0.2) is 16.8 Å². The smallest absolute Gasteiger partial charge is 0.223 e. The standard InChI is InChI=1S/C28H26N4O3S/c1-18(26(34)21-12-13-25-20(16-21)14-15-31(25)19(2)33)36-28-30-29-27(22-8-7-11-24(17-22)35-3)32(28)23-9-5-4-6-10-23/h4-13,16-18H,14-15H2,1-3H3. The van der Waals surface area contributed by atoms with Crippen molar-refractivity contribution < 1.29 is 14.3 Å². The summed E-state index contributed by atoms with van der Waals surface area (Å²) in [6.07, 6.45) is 0.754. The van der Waals surface area contributed by atoms with E-state index in [0.29, 0.717) is 23.1 Å². The van der Waals surface area contributed by atoms with Crippen LogP contribution in [0, 0.1) is 0 Å². The number of para-hydroxylation sites is 1. The van der Waals surface area contributed by atoms with E-state index in [9.17, 15) is 9.59 Å². The quantitative estimate of drug-likeness (QED) is 0.257. The lowest BCUT2D eigenvalue weighted by atomic mass is 10.0. The summed E-state index contributed by atoms with van der Waals surface area (Å²) in [5, 5.41) is 9.19. The van der Waals surface area contributed by atoms with Gasteiger partial charge in [-0.25, -0.2) is 0 Å². The molecule has 0 radical (unpaired) electrons. The summed E-state index contributed by atoms with van der Waals surface area (Å²) >= 11 is 1.38. The molecule has 36 heavy (non-hydrogen) atoms. The number of ether oxygens (including phenoxy) is 1. The van der Waals surface area contributed by atoms with Crippen LogP contribution in [0.2, 0.25) is 0 Å². The lowest BCUT2D eigenvalue weighted by molar-refractivity contribution is -0.116. The zero-order chi connectivity index (χ0) is 25.2. The fourth-order valence-corrected chi connectivity index (χ4v) is 5.38. The van der Waals surface area contributed by atoms with Crippen LogP contribution >= 0.6 is 11.8 Å². The van der Waals surface area contributed by atoms with Gasteiger partial charge in [0.05, 0.1) is 12.4 Å². The predicted molar refractivity (Wildman–Crippen MR) is 141 cm³/mol. The van der Waals surface area contributed by atoms with Gasteiger partial charge in [0, 0.05) is 36.0 Å². The number of methoxy groups -OCH3 is 1. The van der Waals surface area contributed by atoms with E-state index in [4.69, 9.17) is 4.74 Å². The largest absolute Gasteiger partial charge is 0.497 e. The second-order valence-electron chi connectivity index (χ2n) is 8.60. The van der Waals surface area contributed by atoms with Gasteiger partial charge < -0.3 is 9.64 Å². The zero-order valence-electron chi connectivity index (χ0n) is 20.3. The molecule has 0 fully saturated rings. The monoisotopic (exact) mass is 498 g/mol. The summed E-state index contributed by atoms with van der Waals surface area (Å²) < 4.78 is 7.36. The maximum Gasteiger partial charge on any atom is 0.223 e. The third-order valence-corrected chi connectivity index (χ3v) is 7.31. The molecule has 1 aliphatic heterocycles. The summed E-state index contributed by atoms with van der Waals surface area (Å²) in [7, 11) is 1.63. The molecule has 1 aliphatic rings. The molecular weight excluding hydrogens is 472 g/mol. The summed E-state index contributed by atoms with van der Waals surface area (Å²) in [6.45, 7) is 4.10. The maximum absolute atomic E-state index is 13.4. The van der Waals surface area contributed by atoms with Crippen LogP contribution in [-0.2, 0) is 11.2 Å². The number of benzene rings is 3. The molecule has 0 saturated carbocycles. The average molecular weight is 499 g/mol. The van der Waals surface area contributed by atoms with Crippen LogP contribution in [0.25, 0.3) is 17.1 Å². The van der Waals surface area contributed by atoms with E-state index in [1.807, 2.05) is 84.3 Å². The number of thioether (sulfide) groups is 1. The minimum absolute atomic E-state index is 0.00890. The summed E-state index contributed by atoms with van der Waals surface area (Å²) in [6, 6.07) is 23.1. The van der Waals surface area contributed by atoms with E-state index in [-0.39, 0.29) is 11.7 Å². The number of aromatic nitrogens is 3. The summed E-state index contributed by atoms with van der Waals surface area (Å²) in [5.41, 5.74) is 4.33. The first-order chi connectivity index (χ1) is 17.5. The van der Waals surface area contributed by atoms with Crippen molar-refractivity contribution in [2.75, 3.05) is 18.6 Å². The van der Waals surface area contributed by atoms with E-state index in [2.05, 4.69) is 10.2 Å². The maximum atomic E-state index is 13.4. The molecule has 2 heterocycles. The van der Waals surface area contributed by atoms with Gasteiger partial charge in [-0.3, -0.25) is 14.2 Å². The Morgan fingerprint density at radius 3 is 2.56 bits per heavy atom. The highest BCUT2D eigenvalue weighted by Gasteiger charge is 2.26. The Morgan fingerprint density at radius 1 is 1.00 bits per heavy atom. The van der Waals surface area contributed by atoms with Gasteiger partial charge in [-0.2, -0.15) is 0 Å². The van der Waals surface area contributed by atoms with Crippen molar-refractivity contribution in [1.29, 1.82) is 0 Å². The number of rotatable bonds is 7. The van der Waals surface area contributed by atoms with Crippen molar-refractivity contribution in [3.05, 3.63) is 83.9 Å². The van der Waals surface area contributed by atoms with E-state index in [1.54, 1.807) is 18.9 Å². The number of hydrogen-bond acceptors (Lipinski definition) is 6. The molecule has 3 aromatic carbocycles. The van der Waals surface area contributed by atoms with Crippen molar-refractivity contribution in [2.24, 2.45) is 0 Å². The normalized spacial score (nSPS) is 13.4. The zero-order valence-corrected chi connectivity index (χ0v) is 21.2. The van der Waals surface area contributed by atoms with Crippen molar-refractivity contribution in [1.82, 2.24) is 14.8 Å². The predicted octanol–water partition coefficient (Wildman–Crippen LogP) is 5.22. The molecule has 0 aliphatic carbocycles. The Morgan fingerprint density at radius 2 is 1.81 bits per heavy atom. The van der Waals surface area contributed by atoms with Gasteiger partial charge in [0.2, 0.25) is 5.91 Å². The van der Waals surface area contributed by atoms with E-state index in [0.717, 1.165) is 34.7 Å². The highest BCUT2D eigenvalue weighted by molar-refractivity contribution is 8.00. The second-order valence-corrected chi connectivity index (χ2v) is 9.91. The second kappa shape index (κ2) is 9.99. The summed E-state index contributed by atoms with van der Waals surface area (Å²) in [5.74, 6) is 1.43. The number of hydrogen-bond donors (Lipinski definition) is 0. The topological polar surface area (TPSA) is 77.3 Å². The third kappa shape index (κ3) is 4.52. The number of amides is 1. The first-order valence-corrected chi connectivity index (χ1v) is 12.6. The van der Waals surface area contributed by atoms with Crippen LogP contribution in [0.3, 0.4) is 0 Å². The number of nitrogens with zero attached hydrogens (tertiary/aromatic N) is 4.